The van der Waals surface area contributed by atoms with Gasteiger partial charge in [-0.2, -0.15) is 5.26 Å². The van der Waals surface area contributed by atoms with E-state index in [1.165, 1.54) is 31.5 Å². The highest BCUT2D eigenvalue weighted by molar-refractivity contribution is 6.07. The zero-order valence-electron chi connectivity index (χ0n) is 15.7. The van der Waals surface area contributed by atoms with Crippen LogP contribution in [0.3, 0.4) is 0 Å². The highest BCUT2D eigenvalue weighted by Gasteiger charge is 2.13. The number of nitrogens with zero attached hydrogens (tertiary/aromatic N) is 1. The normalized spacial score (nSPS) is 10.7. The lowest BCUT2D eigenvalue weighted by molar-refractivity contribution is -0.112. The molecule has 0 fully saturated rings. The molecule has 0 saturated carbocycles. The van der Waals surface area contributed by atoms with Gasteiger partial charge in [-0.05, 0) is 36.6 Å². The van der Waals surface area contributed by atoms with Crippen LogP contribution in [0.2, 0.25) is 0 Å². The number of ether oxygens (including phenoxy) is 2. The van der Waals surface area contributed by atoms with Crippen molar-refractivity contribution in [1.29, 1.82) is 5.26 Å². The largest absolute Gasteiger partial charge is 0.497 e. The van der Waals surface area contributed by atoms with Gasteiger partial charge in [0.2, 0.25) is 0 Å². The van der Waals surface area contributed by atoms with E-state index in [0.29, 0.717) is 23.7 Å². The van der Waals surface area contributed by atoms with Crippen molar-refractivity contribution in [2.24, 2.45) is 0 Å². The summed E-state index contributed by atoms with van der Waals surface area (Å²) in [5.41, 5.74) is 2.85. The van der Waals surface area contributed by atoms with Crippen molar-refractivity contribution in [1.82, 2.24) is 5.32 Å². The van der Waals surface area contributed by atoms with Crippen LogP contribution >= 0.6 is 0 Å². The highest BCUT2D eigenvalue weighted by Crippen LogP contribution is 2.29. The van der Waals surface area contributed by atoms with E-state index in [2.05, 4.69) is 29.7 Å². The van der Waals surface area contributed by atoms with Gasteiger partial charge in [-0.15, -0.1) is 0 Å². The van der Waals surface area contributed by atoms with E-state index < -0.39 is 5.91 Å². The zero-order valence-corrected chi connectivity index (χ0v) is 15.7. The number of benzene rings is 2. The lowest BCUT2D eigenvalue weighted by Crippen LogP contribution is -2.18. The molecule has 2 aromatic rings. The lowest BCUT2D eigenvalue weighted by atomic mass is 10.1. The molecule has 0 aromatic heterocycles. The molecule has 27 heavy (non-hydrogen) atoms. The molecule has 0 radical (unpaired) electrons. The third kappa shape index (κ3) is 5.51. The monoisotopic (exact) mass is 365 g/mol. The summed E-state index contributed by atoms with van der Waals surface area (Å²) >= 11 is 0. The van der Waals surface area contributed by atoms with Gasteiger partial charge in [-0.25, -0.2) is 0 Å². The lowest BCUT2D eigenvalue weighted by Gasteiger charge is -2.11. The van der Waals surface area contributed by atoms with Crippen molar-refractivity contribution in [3.8, 4) is 17.6 Å². The summed E-state index contributed by atoms with van der Waals surface area (Å²) in [6.07, 6.45) is 2.23. The molecule has 0 spiro atoms. The number of rotatable bonds is 8. The van der Waals surface area contributed by atoms with E-state index in [1.54, 1.807) is 18.2 Å². The Morgan fingerprint density at radius 1 is 1.19 bits per heavy atom. The Morgan fingerprint density at radius 2 is 1.96 bits per heavy atom. The molecule has 2 N–H and O–H groups in total. The molecule has 0 bridgehead atoms. The molecule has 0 unspecified atom stereocenters. The number of hydrogen-bond acceptors (Lipinski definition) is 5. The number of hydrogen-bond donors (Lipinski definition) is 2. The van der Waals surface area contributed by atoms with Crippen LogP contribution in [0, 0.1) is 18.3 Å². The average molecular weight is 365 g/mol. The smallest absolute Gasteiger partial charge is 0.267 e. The van der Waals surface area contributed by atoms with E-state index >= 15 is 0 Å². The molecule has 0 saturated heterocycles. The van der Waals surface area contributed by atoms with E-state index in [1.807, 2.05) is 18.2 Å². The summed E-state index contributed by atoms with van der Waals surface area (Å²) in [6.45, 7) is 2.67. The fourth-order valence-corrected chi connectivity index (χ4v) is 2.52. The minimum atomic E-state index is -0.521. The number of amides is 1. The van der Waals surface area contributed by atoms with Gasteiger partial charge in [0.1, 0.15) is 23.1 Å². The molecule has 0 atom stereocenters. The summed E-state index contributed by atoms with van der Waals surface area (Å²) in [7, 11) is 3.04. The fourth-order valence-electron chi connectivity index (χ4n) is 2.52. The Balaban J connectivity index is 2.00. The third-order valence-electron chi connectivity index (χ3n) is 4.07. The van der Waals surface area contributed by atoms with Crippen LogP contribution in [0.1, 0.15) is 11.1 Å². The summed E-state index contributed by atoms with van der Waals surface area (Å²) in [4.78, 5) is 12.4. The molecule has 0 heterocycles. The van der Waals surface area contributed by atoms with Gasteiger partial charge in [0.05, 0.1) is 19.9 Å². The number of carbonyl (C=O) groups is 1. The Kier molecular flexibility index (Phi) is 7.26. The molecule has 0 aliphatic rings. The minimum Gasteiger partial charge on any atom is -0.497 e. The number of carbonyl (C=O) groups excluding carboxylic acids is 1. The summed E-state index contributed by atoms with van der Waals surface area (Å²) < 4.78 is 10.4. The van der Waals surface area contributed by atoms with Crippen molar-refractivity contribution in [2.75, 3.05) is 26.1 Å². The van der Waals surface area contributed by atoms with E-state index in [-0.39, 0.29) is 5.57 Å². The molecule has 2 aromatic carbocycles. The minimum absolute atomic E-state index is 0.0235. The predicted molar refractivity (Wildman–Crippen MR) is 105 cm³/mol. The van der Waals surface area contributed by atoms with Gasteiger partial charge in [-0.3, -0.25) is 4.79 Å². The molecule has 6 heteroatoms. The first-order chi connectivity index (χ1) is 13.1. The second kappa shape index (κ2) is 9.88. The maximum atomic E-state index is 12.4. The van der Waals surface area contributed by atoms with Crippen LogP contribution in [0.25, 0.3) is 0 Å². The average Bonchev–Trinajstić information content (AvgIpc) is 2.69. The van der Waals surface area contributed by atoms with Crippen LogP contribution in [0.4, 0.5) is 5.69 Å². The van der Waals surface area contributed by atoms with Crippen molar-refractivity contribution in [2.45, 2.75) is 13.3 Å². The molecule has 6 nitrogen and oxygen atoms in total. The number of methoxy groups -OCH3 is 2. The number of aryl methyl sites for hydroxylation is 1. The molecule has 0 aliphatic heterocycles. The Labute approximate surface area is 159 Å². The highest BCUT2D eigenvalue weighted by atomic mass is 16.5. The Bertz CT molecular complexity index is 869. The van der Waals surface area contributed by atoms with Gasteiger partial charge >= 0.3 is 0 Å². The number of nitriles is 1. The topological polar surface area (TPSA) is 83.4 Å². The molecular formula is C21H23N3O3. The summed E-state index contributed by atoms with van der Waals surface area (Å²) in [6, 6.07) is 15.1. The van der Waals surface area contributed by atoms with Gasteiger partial charge in [0, 0.05) is 18.8 Å². The Morgan fingerprint density at radius 3 is 2.63 bits per heavy atom. The second-order valence-electron chi connectivity index (χ2n) is 5.82. The third-order valence-corrected chi connectivity index (χ3v) is 4.07. The van der Waals surface area contributed by atoms with Crippen molar-refractivity contribution in [3.63, 3.8) is 0 Å². The van der Waals surface area contributed by atoms with Crippen LogP contribution in [-0.4, -0.2) is 26.7 Å². The van der Waals surface area contributed by atoms with E-state index in [9.17, 15) is 10.1 Å². The molecule has 1 amide bonds. The molecule has 140 valence electrons. The van der Waals surface area contributed by atoms with Gasteiger partial charge in [0.15, 0.2) is 0 Å². The van der Waals surface area contributed by atoms with Crippen LogP contribution in [0.15, 0.2) is 54.2 Å². The SMILES string of the molecule is COc1ccc(OC)c(NC(=O)/C(C#N)=C\NCCc2ccccc2C)c1. The van der Waals surface area contributed by atoms with Crippen LogP contribution in [-0.2, 0) is 11.2 Å². The maximum absolute atomic E-state index is 12.4. The zero-order chi connectivity index (χ0) is 19.6. The van der Waals surface area contributed by atoms with Crippen molar-refractivity contribution >= 4 is 11.6 Å². The molecule has 2 rings (SSSR count). The first-order valence-corrected chi connectivity index (χ1v) is 8.50. The number of anilines is 1. The number of nitrogens with one attached hydrogen (secondary N) is 2. The standard InChI is InChI=1S/C21H23N3O3/c1-15-6-4-5-7-16(15)10-11-23-14-17(13-22)21(25)24-19-12-18(26-2)8-9-20(19)27-3/h4-9,12,14,23H,10-11H2,1-3H3,(H,24,25)/b17-14-. The van der Waals surface area contributed by atoms with E-state index in [0.717, 1.165) is 6.42 Å². The second-order valence-corrected chi connectivity index (χ2v) is 5.82. The summed E-state index contributed by atoms with van der Waals surface area (Å²) in [5.74, 6) is 0.534. The molecular weight excluding hydrogens is 342 g/mol. The summed E-state index contributed by atoms with van der Waals surface area (Å²) in [5, 5.41) is 15.0. The Hall–Kier alpha value is -3.46. The van der Waals surface area contributed by atoms with Gasteiger partial charge in [-0.1, -0.05) is 24.3 Å². The van der Waals surface area contributed by atoms with Crippen molar-refractivity contribution in [3.05, 3.63) is 65.4 Å². The van der Waals surface area contributed by atoms with E-state index in [4.69, 9.17) is 9.47 Å². The first kappa shape index (κ1) is 19.9. The van der Waals surface area contributed by atoms with Crippen molar-refractivity contribution < 1.29 is 14.3 Å². The maximum Gasteiger partial charge on any atom is 0.267 e. The fraction of sp³-hybridized carbons (Fsp3) is 0.238. The molecule has 0 aliphatic carbocycles. The predicted octanol–water partition coefficient (Wildman–Crippen LogP) is 3.19. The van der Waals surface area contributed by atoms with Crippen LogP contribution in [0.5, 0.6) is 11.5 Å². The first-order valence-electron chi connectivity index (χ1n) is 8.50. The quantitative estimate of drug-likeness (QED) is 0.426. The van der Waals surface area contributed by atoms with Crippen LogP contribution < -0.4 is 20.1 Å². The van der Waals surface area contributed by atoms with Gasteiger partial charge < -0.3 is 20.1 Å². The van der Waals surface area contributed by atoms with Gasteiger partial charge in [0.25, 0.3) is 5.91 Å².